The zero-order chi connectivity index (χ0) is 20.3. The molecular formula is C22H24N4O2S. The summed E-state index contributed by atoms with van der Waals surface area (Å²) < 4.78 is 27.8. The Morgan fingerprint density at radius 3 is 2.45 bits per heavy atom. The van der Waals surface area contributed by atoms with E-state index in [1.807, 2.05) is 73.7 Å². The summed E-state index contributed by atoms with van der Waals surface area (Å²) in [4.78, 5) is 9.13. The number of sulfonamides is 1. The van der Waals surface area contributed by atoms with E-state index >= 15 is 0 Å². The lowest BCUT2D eigenvalue weighted by atomic mass is 10.1. The van der Waals surface area contributed by atoms with Crippen LogP contribution in [0.15, 0.2) is 66.7 Å². The number of hydrogen-bond donors (Lipinski definition) is 1. The van der Waals surface area contributed by atoms with E-state index in [0.29, 0.717) is 12.4 Å². The van der Waals surface area contributed by atoms with E-state index in [1.165, 1.54) is 0 Å². The van der Waals surface area contributed by atoms with E-state index in [0.717, 1.165) is 35.6 Å². The maximum atomic E-state index is 13.1. The second kappa shape index (κ2) is 8.31. The Morgan fingerprint density at radius 2 is 1.69 bits per heavy atom. The molecule has 0 bridgehead atoms. The molecule has 1 aliphatic heterocycles. The van der Waals surface area contributed by atoms with E-state index in [2.05, 4.69) is 10.3 Å². The van der Waals surface area contributed by atoms with Crippen LogP contribution in [0.3, 0.4) is 0 Å². The number of hydrogen-bond acceptors (Lipinski definition) is 5. The lowest BCUT2D eigenvalue weighted by molar-refractivity contribution is 0.390. The van der Waals surface area contributed by atoms with Gasteiger partial charge in [-0.2, -0.15) is 4.31 Å². The minimum atomic E-state index is -3.43. The van der Waals surface area contributed by atoms with Crippen LogP contribution >= 0.6 is 0 Å². The highest BCUT2D eigenvalue weighted by Gasteiger charge is 2.36. The van der Waals surface area contributed by atoms with Gasteiger partial charge in [0.25, 0.3) is 0 Å². The summed E-state index contributed by atoms with van der Waals surface area (Å²) in [6.45, 7) is 2.46. The Bertz CT molecular complexity index is 1090. The number of aromatic nitrogens is 2. The smallest absolute Gasteiger partial charge is 0.218 e. The molecule has 0 spiro atoms. The normalized spacial score (nSPS) is 17.3. The monoisotopic (exact) mass is 408 g/mol. The minimum Gasteiger partial charge on any atom is -0.325 e. The first-order valence-electron chi connectivity index (χ1n) is 9.72. The molecular weight excluding hydrogens is 384 g/mol. The van der Waals surface area contributed by atoms with Crippen molar-refractivity contribution in [1.29, 1.82) is 0 Å². The fourth-order valence-corrected chi connectivity index (χ4v) is 5.47. The summed E-state index contributed by atoms with van der Waals surface area (Å²) >= 11 is 0. The fraction of sp³-hybridized carbons (Fsp3) is 0.273. The van der Waals surface area contributed by atoms with Gasteiger partial charge in [0.05, 0.1) is 17.5 Å². The van der Waals surface area contributed by atoms with Crippen molar-refractivity contribution in [3.05, 3.63) is 83.7 Å². The van der Waals surface area contributed by atoms with E-state index in [-0.39, 0.29) is 11.8 Å². The topological polar surface area (TPSA) is 75.2 Å². The molecule has 6 nitrogen and oxygen atoms in total. The number of anilines is 2. The molecule has 2 aromatic heterocycles. The number of rotatable bonds is 6. The standard InChI is InChI=1S/C22H24N4O2S/c1-17-8-5-13-21(23-17)25-22-14-6-11-19(24-22)20-12-7-15-26(20)29(27,28)16-18-9-3-2-4-10-18/h2-6,8-11,13-14,20H,7,12,15-16H2,1H3,(H,23,24,25). The second-order valence-electron chi connectivity index (χ2n) is 7.25. The van der Waals surface area contributed by atoms with Gasteiger partial charge < -0.3 is 5.32 Å². The number of pyridine rings is 2. The lowest BCUT2D eigenvalue weighted by Gasteiger charge is -2.24. The zero-order valence-electron chi connectivity index (χ0n) is 16.3. The first-order valence-corrected chi connectivity index (χ1v) is 11.3. The van der Waals surface area contributed by atoms with Crippen LogP contribution in [0.4, 0.5) is 11.6 Å². The maximum Gasteiger partial charge on any atom is 0.218 e. The van der Waals surface area contributed by atoms with Crippen LogP contribution in [0.2, 0.25) is 0 Å². The van der Waals surface area contributed by atoms with Gasteiger partial charge in [0.2, 0.25) is 10.0 Å². The average Bonchev–Trinajstić information content (AvgIpc) is 3.20. The molecule has 0 aliphatic carbocycles. The van der Waals surface area contributed by atoms with Gasteiger partial charge in [0.15, 0.2) is 0 Å². The number of benzene rings is 1. The molecule has 3 heterocycles. The summed E-state index contributed by atoms with van der Waals surface area (Å²) in [7, 11) is -3.43. The Hall–Kier alpha value is -2.77. The van der Waals surface area contributed by atoms with E-state index in [1.54, 1.807) is 4.31 Å². The Labute approximate surface area is 171 Å². The third-order valence-electron chi connectivity index (χ3n) is 5.01. The van der Waals surface area contributed by atoms with Gasteiger partial charge in [-0.15, -0.1) is 0 Å². The summed E-state index contributed by atoms with van der Waals surface area (Å²) in [5.41, 5.74) is 2.48. The molecule has 29 heavy (non-hydrogen) atoms. The predicted octanol–water partition coefficient (Wildman–Crippen LogP) is 4.20. The molecule has 1 aliphatic rings. The molecule has 0 amide bonds. The number of nitrogens with one attached hydrogen (secondary N) is 1. The van der Waals surface area contributed by atoms with Gasteiger partial charge in [-0.25, -0.2) is 18.4 Å². The van der Waals surface area contributed by atoms with Crippen LogP contribution < -0.4 is 5.32 Å². The maximum absolute atomic E-state index is 13.1. The molecule has 4 rings (SSSR count). The molecule has 1 saturated heterocycles. The molecule has 1 unspecified atom stereocenters. The Kier molecular flexibility index (Phi) is 5.60. The Morgan fingerprint density at radius 1 is 0.966 bits per heavy atom. The number of aryl methyl sites for hydroxylation is 1. The summed E-state index contributed by atoms with van der Waals surface area (Å²) in [5, 5.41) is 3.21. The van der Waals surface area contributed by atoms with Gasteiger partial charge in [-0.3, -0.25) is 0 Å². The van der Waals surface area contributed by atoms with Crippen molar-refractivity contribution in [3.8, 4) is 0 Å². The molecule has 3 aromatic rings. The van der Waals surface area contributed by atoms with Gasteiger partial charge in [0.1, 0.15) is 11.6 Å². The van der Waals surface area contributed by atoms with Crippen molar-refractivity contribution in [3.63, 3.8) is 0 Å². The molecule has 150 valence electrons. The summed E-state index contributed by atoms with van der Waals surface area (Å²) in [6, 6.07) is 20.5. The highest BCUT2D eigenvalue weighted by molar-refractivity contribution is 7.88. The van der Waals surface area contributed by atoms with Crippen LogP contribution in [-0.4, -0.2) is 29.2 Å². The van der Waals surface area contributed by atoms with Crippen molar-refractivity contribution in [1.82, 2.24) is 14.3 Å². The largest absolute Gasteiger partial charge is 0.325 e. The van der Waals surface area contributed by atoms with Crippen LogP contribution in [0.25, 0.3) is 0 Å². The van der Waals surface area contributed by atoms with Crippen molar-refractivity contribution in [2.75, 3.05) is 11.9 Å². The van der Waals surface area contributed by atoms with Crippen LogP contribution in [0.1, 0.15) is 35.8 Å². The van der Waals surface area contributed by atoms with Crippen LogP contribution in [-0.2, 0) is 15.8 Å². The Balaban J connectivity index is 1.55. The third kappa shape index (κ3) is 4.63. The molecule has 1 fully saturated rings. The van der Waals surface area contributed by atoms with E-state index in [9.17, 15) is 8.42 Å². The fourth-order valence-electron chi connectivity index (χ4n) is 3.69. The van der Waals surface area contributed by atoms with Gasteiger partial charge in [-0.1, -0.05) is 42.5 Å². The number of nitrogens with zero attached hydrogens (tertiary/aromatic N) is 3. The second-order valence-corrected chi connectivity index (χ2v) is 9.17. The SMILES string of the molecule is Cc1cccc(Nc2cccc(C3CCCN3S(=O)(=O)Cc3ccccc3)n2)n1. The van der Waals surface area contributed by atoms with Gasteiger partial charge in [-0.05, 0) is 49.6 Å². The van der Waals surface area contributed by atoms with E-state index < -0.39 is 10.0 Å². The zero-order valence-corrected chi connectivity index (χ0v) is 17.1. The summed E-state index contributed by atoms with van der Waals surface area (Å²) in [5.74, 6) is 1.39. The highest BCUT2D eigenvalue weighted by atomic mass is 32.2. The highest BCUT2D eigenvalue weighted by Crippen LogP contribution is 2.35. The minimum absolute atomic E-state index is 0.00942. The molecule has 1 aromatic carbocycles. The van der Waals surface area contributed by atoms with Crippen molar-refractivity contribution in [2.24, 2.45) is 0 Å². The quantitative estimate of drug-likeness (QED) is 0.662. The summed E-state index contributed by atoms with van der Waals surface area (Å²) in [6.07, 6.45) is 1.60. The molecule has 1 N–H and O–H groups in total. The molecule has 0 saturated carbocycles. The molecule has 1 atom stereocenters. The predicted molar refractivity (Wildman–Crippen MR) is 114 cm³/mol. The third-order valence-corrected chi connectivity index (χ3v) is 6.86. The van der Waals surface area contributed by atoms with Crippen molar-refractivity contribution >= 4 is 21.7 Å². The van der Waals surface area contributed by atoms with Crippen LogP contribution in [0.5, 0.6) is 0 Å². The average molecular weight is 409 g/mol. The molecule has 7 heteroatoms. The first-order chi connectivity index (χ1) is 14.0. The van der Waals surface area contributed by atoms with Crippen LogP contribution in [0, 0.1) is 6.92 Å². The van der Waals surface area contributed by atoms with Gasteiger partial charge in [0, 0.05) is 12.2 Å². The molecule has 0 radical (unpaired) electrons. The van der Waals surface area contributed by atoms with E-state index in [4.69, 9.17) is 4.98 Å². The lowest BCUT2D eigenvalue weighted by Crippen LogP contribution is -2.32. The first kappa shape index (κ1) is 19.5. The van der Waals surface area contributed by atoms with Gasteiger partial charge >= 0.3 is 0 Å². The van der Waals surface area contributed by atoms with Crippen molar-refractivity contribution < 1.29 is 8.42 Å². The van der Waals surface area contributed by atoms with Crippen molar-refractivity contribution in [2.45, 2.75) is 31.6 Å².